The third-order valence-corrected chi connectivity index (χ3v) is 3.12. The Balaban J connectivity index is 1.85. The average Bonchev–Trinajstić information content (AvgIpc) is 3.18. The van der Waals surface area contributed by atoms with Gasteiger partial charge in [-0.25, -0.2) is 4.79 Å². The van der Waals surface area contributed by atoms with Crippen LogP contribution in [0.3, 0.4) is 0 Å². The third kappa shape index (κ3) is 4.82. The molecule has 0 aliphatic heterocycles. The Labute approximate surface area is 134 Å². The molecule has 23 heavy (non-hydrogen) atoms. The number of esters is 1. The Morgan fingerprint density at radius 3 is 2.17 bits per heavy atom. The molecule has 6 nitrogen and oxygen atoms in total. The quantitative estimate of drug-likeness (QED) is 0.398. The lowest BCUT2D eigenvalue weighted by atomic mass is 10.3. The SMILES string of the molecule is CCOCCCCOC(=O)c1ccc(-c2ccc(C(C)=O)o2)o1. The van der Waals surface area contributed by atoms with Crippen LogP contribution in [0, 0.1) is 0 Å². The number of hydrogen-bond donors (Lipinski definition) is 0. The Hall–Kier alpha value is -2.34. The molecule has 0 aliphatic carbocycles. The maximum Gasteiger partial charge on any atom is 0.374 e. The molecule has 6 heteroatoms. The van der Waals surface area contributed by atoms with Crippen LogP contribution in [-0.2, 0) is 9.47 Å². The molecule has 2 aromatic rings. The highest BCUT2D eigenvalue weighted by Gasteiger charge is 2.16. The zero-order valence-electron chi connectivity index (χ0n) is 13.3. The van der Waals surface area contributed by atoms with Gasteiger partial charge in [-0.15, -0.1) is 0 Å². The fourth-order valence-electron chi connectivity index (χ4n) is 1.93. The number of ether oxygens (including phenoxy) is 2. The van der Waals surface area contributed by atoms with Crippen molar-refractivity contribution >= 4 is 11.8 Å². The van der Waals surface area contributed by atoms with E-state index in [0.717, 1.165) is 12.8 Å². The first-order valence-electron chi connectivity index (χ1n) is 7.57. The first-order chi connectivity index (χ1) is 11.1. The van der Waals surface area contributed by atoms with Crippen LogP contribution >= 0.6 is 0 Å². The highest BCUT2D eigenvalue weighted by Crippen LogP contribution is 2.25. The highest BCUT2D eigenvalue weighted by molar-refractivity contribution is 5.91. The molecule has 0 aliphatic rings. The van der Waals surface area contributed by atoms with Gasteiger partial charge in [-0.3, -0.25) is 4.79 Å². The number of carbonyl (C=O) groups excluding carboxylic acids is 2. The average molecular weight is 320 g/mol. The molecule has 124 valence electrons. The van der Waals surface area contributed by atoms with E-state index in [-0.39, 0.29) is 17.3 Å². The van der Waals surface area contributed by atoms with Crippen molar-refractivity contribution in [2.75, 3.05) is 19.8 Å². The minimum absolute atomic E-state index is 0.102. The molecule has 0 fully saturated rings. The number of ketones is 1. The van der Waals surface area contributed by atoms with Crippen LogP contribution in [0.25, 0.3) is 11.5 Å². The third-order valence-electron chi connectivity index (χ3n) is 3.12. The summed E-state index contributed by atoms with van der Waals surface area (Å²) in [7, 11) is 0. The van der Waals surface area contributed by atoms with E-state index in [4.69, 9.17) is 18.3 Å². The van der Waals surface area contributed by atoms with Gasteiger partial charge < -0.3 is 18.3 Å². The maximum atomic E-state index is 11.9. The van der Waals surface area contributed by atoms with Crippen molar-refractivity contribution in [3.8, 4) is 11.5 Å². The topological polar surface area (TPSA) is 78.9 Å². The van der Waals surface area contributed by atoms with E-state index in [1.807, 2.05) is 6.92 Å². The van der Waals surface area contributed by atoms with Crippen LogP contribution in [0.1, 0.15) is 47.8 Å². The van der Waals surface area contributed by atoms with Gasteiger partial charge in [-0.05, 0) is 44.0 Å². The monoisotopic (exact) mass is 320 g/mol. The molecule has 2 aromatic heterocycles. The van der Waals surface area contributed by atoms with Gasteiger partial charge in [0.15, 0.2) is 23.1 Å². The molecule has 0 radical (unpaired) electrons. The van der Waals surface area contributed by atoms with Crippen molar-refractivity contribution < 1.29 is 27.9 Å². The summed E-state index contributed by atoms with van der Waals surface area (Å²) in [6.45, 7) is 5.02. The van der Waals surface area contributed by atoms with Crippen LogP contribution in [-0.4, -0.2) is 31.6 Å². The summed E-state index contributed by atoms with van der Waals surface area (Å²) < 4.78 is 21.1. The second-order valence-corrected chi connectivity index (χ2v) is 4.92. The molecule has 0 N–H and O–H groups in total. The van der Waals surface area contributed by atoms with E-state index in [2.05, 4.69) is 0 Å². The van der Waals surface area contributed by atoms with Gasteiger partial charge in [0.2, 0.25) is 5.76 Å². The molecule has 0 saturated carbocycles. The van der Waals surface area contributed by atoms with Crippen LogP contribution < -0.4 is 0 Å². The first kappa shape index (κ1) is 17.0. The number of furan rings is 2. The Bertz CT molecular complexity index is 652. The molecule has 0 amide bonds. The fourth-order valence-corrected chi connectivity index (χ4v) is 1.93. The van der Waals surface area contributed by atoms with E-state index in [0.29, 0.717) is 31.3 Å². The molecule has 0 spiro atoms. The molecule has 0 saturated heterocycles. The minimum atomic E-state index is -0.522. The lowest BCUT2D eigenvalue weighted by Gasteiger charge is -2.03. The van der Waals surface area contributed by atoms with Gasteiger partial charge in [0, 0.05) is 20.1 Å². The normalized spacial score (nSPS) is 10.7. The van der Waals surface area contributed by atoms with Gasteiger partial charge in [0.25, 0.3) is 0 Å². The van der Waals surface area contributed by atoms with Crippen LogP contribution in [0.4, 0.5) is 0 Å². The van der Waals surface area contributed by atoms with Crippen LogP contribution in [0.15, 0.2) is 33.1 Å². The Kier molecular flexibility index (Phi) is 6.17. The van der Waals surface area contributed by atoms with E-state index < -0.39 is 5.97 Å². The van der Waals surface area contributed by atoms with Crippen LogP contribution in [0.2, 0.25) is 0 Å². The molecule has 0 aromatic carbocycles. The van der Waals surface area contributed by atoms with Crippen molar-refractivity contribution in [3.63, 3.8) is 0 Å². The zero-order chi connectivity index (χ0) is 16.7. The van der Waals surface area contributed by atoms with Crippen LogP contribution in [0.5, 0.6) is 0 Å². The fraction of sp³-hybridized carbons (Fsp3) is 0.412. The predicted molar refractivity (Wildman–Crippen MR) is 82.4 cm³/mol. The van der Waals surface area contributed by atoms with Crippen molar-refractivity contribution in [3.05, 3.63) is 35.8 Å². The molecule has 0 unspecified atom stereocenters. The number of rotatable bonds is 9. The molecule has 0 bridgehead atoms. The van der Waals surface area contributed by atoms with Crippen molar-refractivity contribution in [1.82, 2.24) is 0 Å². The Morgan fingerprint density at radius 1 is 0.957 bits per heavy atom. The van der Waals surface area contributed by atoms with Gasteiger partial charge in [-0.1, -0.05) is 0 Å². The van der Waals surface area contributed by atoms with Crippen molar-refractivity contribution in [2.24, 2.45) is 0 Å². The molecule has 0 atom stereocenters. The summed E-state index contributed by atoms with van der Waals surface area (Å²) in [5.41, 5.74) is 0. The lowest BCUT2D eigenvalue weighted by Crippen LogP contribution is -2.06. The van der Waals surface area contributed by atoms with Crippen molar-refractivity contribution in [2.45, 2.75) is 26.7 Å². The number of hydrogen-bond acceptors (Lipinski definition) is 6. The summed E-state index contributed by atoms with van der Waals surface area (Å²) in [5.74, 6) is 0.424. The maximum absolute atomic E-state index is 11.9. The molecular formula is C17H20O6. The lowest BCUT2D eigenvalue weighted by molar-refractivity contribution is 0.0449. The summed E-state index contributed by atoms with van der Waals surface area (Å²) in [5, 5.41) is 0. The van der Waals surface area contributed by atoms with Gasteiger partial charge in [0.05, 0.1) is 6.61 Å². The van der Waals surface area contributed by atoms with Gasteiger partial charge in [0.1, 0.15) is 0 Å². The van der Waals surface area contributed by atoms with Crippen molar-refractivity contribution in [1.29, 1.82) is 0 Å². The number of Topliss-reactive ketones (excluding diaryl/α,β-unsaturated/α-hetero) is 1. The highest BCUT2D eigenvalue weighted by atomic mass is 16.5. The number of carbonyl (C=O) groups is 2. The van der Waals surface area contributed by atoms with E-state index in [1.54, 1.807) is 18.2 Å². The standard InChI is InChI=1S/C17H20O6/c1-3-20-10-4-5-11-21-17(19)16-9-8-15(23-16)14-7-6-13(22-14)12(2)18/h6-9H,3-5,10-11H2,1-2H3. The summed E-state index contributed by atoms with van der Waals surface area (Å²) in [4.78, 5) is 23.1. The summed E-state index contributed by atoms with van der Waals surface area (Å²) >= 11 is 0. The largest absolute Gasteiger partial charge is 0.460 e. The van der Waals surface area contributed by atoms with E-state index in [9.17, 15) is 9.59 Å². The summed E-state index contributed by atoms with van der Waals surface area (Å²) in [6, 6.07) is 6.32. The van der Waals surface area contributed by atoms with E-state index >= 15 is 0 Å². The first-order valence-corrected chi connectivity index (χ1v) is 7.57. The molecule has 2 rings (SSSR count). The smallest absolute Gasteiger partial charge is 0.374 e. The minimum Gasteiger partial charge on any atom is -0.460 e. The molecule has 2 heterocycles. The van der Waals surface area contributed by atoms with Gasteiger partial charge >= 0.3 is 5.97 Å². The summed E-state index contributed by atoms with van der Waals surface area (Å²) in [6.07, 6.45) is 1.57. The van der Waals surface area contributed by atoms with E-state index in [1.165, 1.54) is 13.0 Å². The zero-order valence-corrected chi connectivity index (χ0v) is 13.3. The second kappa shape index (κ2) is 8.33. The number of unbranched alkanes of at least 4 members (excludes halogenated alkanes) is 1. The Morgan fingerprint density at radius 2 is 1.57 bits per heavy atom. The molecular weight excluding hydrogens is 300 g/mol. The van der Waals surface area contributed by atoms with Gasteiger partial charge in [-0.2, -0.15) is 0 Å². The predicted octanol–water partition coefficient (Wildman–Crippen LogP) is 3.72. The second-order valence-electron chi connectivity index (χ2n) is 4.92.